The summed E-state index contributed by atoms with van der Waals surface area (Å²) in [6.45, 7) is 1.86. The van der Waals surface area contributed by atoms with Crippen LogP contribution in [0.2, 0.25) is 5.15 Å². The quantitative estimate of drug-likeness (QED) is 0.355. The fourth-order valence-electron chi connectivity index (χ4n) is 3.89. The molecule has 1 unspecified atom stereocenters. The third-order valence-electron chi connectivity index (χ3n) is 5.62. The van der Waals surface area contributed by atoms with Gasteiger partial charge >= 0.3 is 0 Å². The van der Waals surface area contributed by atoms with E-state index in [1.807, 2.05) is 31.2 Å². The minimum absolute atomic E-state index is 0.158. The van der Waals surface area contributed by atoms with Crippen molar-refractivity contribution in [2.24, 2.45) is 0 Å². The lowest BCUT2D eigenvalue weighted by molar-refractivity contribution is -0.115. The highest BCUT2D eigenvalue weighted by atomic mass is 35.5. The lowest BCUT2D eigenvalue weighted by atomic mass is 9.95. The molecule has 9 heteroatoms. The minimum atomic E-state index is -0.387. The fraction of sp³-hybridized carbons (Fsp3) is 0.391. The molecule has 1 aromatic carbocycles. The number of pyridine rings is 1. The van der Waals surface area contributed by atoms with Crippen LogP contribution in [-0.2, 0) is 4.79 Å². The summed E-state index contributed by atoms with van der Waals surface area (Å²) in [6, 6.07) is 11.6. The molecule has 4 rings (SSSR count). The molecule has 0 saturated heterocycles. The van der Waals surface area contributed by atoms with Gasteiger partial charge in [-0.2, -0.15) is 0 Å². The Morgan fingerprint density at radius 1 is 1.19 bits per heavy atom. The first-order chi connectivity index (χ1) is 15.6. The van der Waals surface area contributed by atoms with E-state index in [4.69, 9.17) is 16.3 Å². The van der Waals surface area contributed by atoms with Gasteiger partial charge in [-0.25, -0.2) is 4.98 Å². The summed E-state index contributed by atoms with van der Waals surface area (Å²) in [5.74, 6) is 1.46. The van der Waals surface area contributed by atoms with E-state index in [0.29, 0.717) is 11.7 Å². The maximum atomic E-state index is 12.8. The molecule has 0 radical (unpaired) electrons. The Balaban J connectivity index is 1.59. The second kappa shape index (κ2) is 10.4. The molecule has 0 bridgehead atoms. The van der Waals surface area contributed by atoms with E-state index in [1.165, 1.54) is 31.0 Å². The highest BCUT2D eigenvalue weighted by molar-refractivity contribution is 8.00. The van der Waals surface area contributed by atoms with Crippen molar-refractivity contribution in [2.45, 2.75) is 55.5 Å². The van der Waals surface area contributed by atoms with Crippen LogP contribution in [-0.4, -0.2) is 38.0 Å². The first-order valence-electron chi connectivity index (χ1n) is 10.7. The van der Waals surface area contributed by atoms with E-state index in [2.05, 4.69) is 25.1 Å². The summed E-state index contributed by atoms with van der Waals surface area (Å²) in [6.07, 6.45) is 7.38. The predicted molar refractivity (Wildman–Crippen MR) is 127 cm³/mol. The number of anilines is 1. The van der Waals surface area contributed by atoms with Crippen LogP contribution in [0.4, 0.5) is 5.69 Å². The van der Waals surface area contributed by atoms with Crippen molar-refractivity contribution in [3.63, 3.8) is 0 Å². The van der Waals surface area contributed by atoms with E-state index >= 15 is 0 Å². The molecule has 1 amide bonds. The molecule has 0 spiro atoms. The lowest BCUT2D eigenvalue weighted by Gasteiger charge is -2.26. The number of amides is 1. The summed E-state index contributed by atoms with van der Waals surface area (Å²) >= 11 is 7.49. The standard InChI is InChI=1S/C23H26ClN5O2S/c1-15(22(30)26-19-9-6-14-25-20(19)24)32-23-28-27-21(16-10-12-18(31-2)13-11-16)29(23)17-7-4-3-5-8-17/h6,9-15,17H,3-5,7-8H2,1-2H3,(H,26,30). The summed E-state index contributed by atoms with van der Waals surface area (Å²) < 4.78 is 7.50. The van der Waals surface area contributed by atoms with E-state index in [1.54, 1.807) is 25.4 Å². The number of rotatable bonds is 7. The van der Waals surface area contributed by atoms with Crippen LogP contribution in [0.1, 0.15) is 45.1 Å². The topological polar surface area (TPSA) is 81.9 Å². The number of nitrogens with zero attached hydrogens (tertiary/aromatic N) is 4. The molecule has 168 valence electrons. The number of thioether (sulfide) groups is 1. The van der Waals surface area contributed by atoms with Crippen LogP contribution in [0.25, 0.3) is 11.4 Å². The van der Waals surface area contributed by atoms with E-state index in [0.717, 1.165) is 35.1 Å². The number of methoxy groups -OCH3 is 1. The molecule has 7 nitrogen and oxygen atoms in total. The van der Waals surface area contributed by atoms with Crippen LogP contribution < -0.4 is 10.1 Å². The molecule has 1 saturated carbocycles. The second-order valence-electron chi connectivity index (χ2n) is 7.79. The molecule has 1 aliphatic carbocycles. The Kier molecular flexibility index (Phi) is 7.32. The van der Waals surface area contributed by atoms with Gasteiger partial charge in [0.1, 0.15) is 5.75 Å². The largest absolute Gasteiger partial charge is 0.497 e. The zero-order valence-corrected chi connectivity index (χ0v) is 19.7. The van der Waals surface area contributed by atoms with Gasteiger partial charge in [-0.3, -0.25) is 9.36 Å². The number of benzene rings is 1. The van der Waals surface area contributed by atoms with Crippen LogP contribution >= 0.6 is 23.4 Å². The molecule has 0 aliphatic heterocycles. The molecular formula is C23H26ClN5O2S. The highest BCUT2D eigenvalue weighted by Crippen LogP contribution is 2.37. The lowest BCUT2D eigenvalue weighted by Crippen LogP contribution is -2.24. The number of halogens is 1. The minimum Gasteiger partial charge on any atom is -0.497 e. The number of carbonyl (C=O) groups excluding carboxylic acids is 1. The normalized spacial score (nSPS) is 15.3. The third kappa shape index (κ3) is 5.07. The van der Waals surface area contributed by atoms with Crippen molar-refractivity contribution in [1.29, 1.82) is 0 Å². The Morgan fingerprint density at radius 2 is 1.94 bits per heavy atom. The molecule has 1 aliphatic rings. The highest BCUT2D eigenvalue weighted by Gasteiger charge is 2.26. The van der Waals surface area contributed by atoms with Crippen molar-refractivity contribution in [3.8, 4) is 17.1 Å². The van der Waals surface area contributed by atoms with Crippen molar-refractivity contribution in [1.82, 2.24) is 19.7 Å². The fourth-order valence-corrected chi connectivity index (χ4v) is 4.97. The Hall–Kier alpha value is -2.58. The zero-order chi connectivity index (χ0) is 22.5. The molecule has 1 fully saturated rings. The van der Waals surface area contributed by atoms with Gasteiger partial charge in [0, 0.05) is 17.8 Å². The molecule has 32 heavy (non-hydrogen) atoms. The number of hydrogen-bond donors (Lipinski definition) is 1. The van der Waals surface area contributed by atoms with Crippen LogP contribution in [0.5, 0.6) is 5.75 Å². The van der Waals surface area contributed by atoms with Gasteiger partial charge in [-0.1, -0.05) is 42.6 Å². The maximum Gasteiger partial charge on any atom is 0.237 e. The number of nitrogens with one attached hydrogen (secondary N) is 1. The monoisotopic (exact) mass is 471 g/mol. The van der Waals surface area contributed by atoms with Gasteiger partial charge in [0.2, 0.25) is 5.91 Å². The second-order valence-corrected chi connectivity index (χ2v) is 9.45. The number of hydrogen-bond acceptors (Lipinski definition) is 6. The summed E-state index contributed by atoms with van der Waals surface area (Å²) in [7, 11) is 1.65. The summed E-state index contributed by atoms with van der Waals surface area (Å²) in [4.78, 5) is 16.8. The van der Waals surface area contributed by atoms with Gasteiger partial charge in [0.25, 0.3) is 0 Å². The summed E-state index contributed by atoms with van der Waals surface area (Å²) in [5, 5.41) is 12.5. The first-order valence-corrected chi connectivity index (χ1v) is 12.0. The number of ether oxygens (including phenoxy) is 1. The van der Waals surface area contributed by atoms with Gasteiger partial charge < -0.3 is 10.1 Å². The maximum absolute atomic E-state index is 12.8. The van der Waals surface area contributed by atoms with Gasteiger partial charge in [0.05, 0.1) is 18.0 Å². The molecule has 1 atom stereocenters. The van der Waals surface area contributed by atoms with E-state index < -0.39 is 0 Å². The Bertz CT molecular complexity index is 1070. The molecule has 3 aromatic rings. The molecule has 2 heterocycles. The van der Waals surface area contributed by atoms with Crippen molar-refractivity contribution in [3.05, 3.63) is 47.7 Å². The Labute approximate surface area is 196 Å². The van der Waals surface area contributed by atoms with Crippen LogP contribution in [0.15, 0.2) is 47.8 Å². The number of aromatic nitrogens is 4. The molecular weight excluding hydrogens is 446 g/mol. The number of carbonyl (C=O) groups is 1. The average molecular weight is 472 g/mol. The average Bonchev–Trinajstić information content (AvgIpc) is 3.24. The third-order valence-corrected chi connectivity index (χ3v) is 6.98. The first kappa shape index (κ1) is 22.6. The van der Waals surface area contributed by atoms with E-state index in [-0.39, 0.29) is 16.3 Å². The van der Waals surface area contributed by atoms with E-state index in [9.17, 15) is 4.79 Å². The molecule has 1 N–H and O–H groups in total. The smallest absolute Gasteiger partial charge is 0.237 e. The zero-order valence-electron chi connectivity index (χ0n) is 18.1. The van der Waals surface area contributed by atoms with Gasteiger partial charge in [-0.15, -0.1) is 10.2 Å². The SMILES string of the molecule is COc1ccc(-c2nnc(SC(C)C(=O)Nc3cccnc3Cl)n2C2CCCCC2)cc1. The predicted octanol–water partition coefficient (Wildman–Crippen LogP) is 5.63. The van der Waals surface area contributed by atoms with Crippen molar-refractivity contribution < 1.29 is 9.53 Å². The van der Waals surface area contributed by atoms with Gasteiger partial charge in [-0.05, 0) is 56.2 Å². The van der Waals surface area contributed by atoms with Gasteiger partial charge in [0.15, 0.2) is 16.1 Å². The Morgan fingerprint density at radius 3 is 2.62 bits per heavy atom. The molecule has 2 aromatic heterocycles. The van der Waals surface area contributed by atoms with Crippen molar-refractivity contribution >= 4 is 35.0 Å². The van der Waals surface area contributed by atoms with Crippen LogP contribution in [0.3, 0.4) is 0 Å². The van der Waals surface area contributed by atoms with Crippen molar-refractivity contribution in [2.75, 3.05) is 12.4 Å². The van der Waals surface area contributed by atoms with Crippen LogP contribution in [0, 0.1) is 0 Å². The summed E-state index contributed by atoms with van der Waals surface area (Å²) in [5.41, 5.74) is 1.48.